The maximum absolute atomic E-state index is 12.8. The Morgan fingerprint density at radius 3 is 2.73 bits per heavy atom. The molecule has 3 heterocycles. The Morgan fingerprint density at radius 2 is 1.83 bits per heavy atom. The first kappa shape index (κ1) is 19.4. The lowest BCUT2D eigenvalue weighted by molar-refractivity contribution is -0.142. The van der Waals surface area contributed by atoms with E-state index in [1.54, 1.807) is 0 Å². The lowest BCUT2D eigenvalue weighted by Gasteiger charge is -2.47. The van der Waals surface area contributed by atoms with E-state index in [0.717, 1.165) is 56.0 Å². The summed E-state index contributed by atoms with van der Waals surface area (Å²) in [4.78, 5) is 17.5. The Labute approximate surface area is 178 Å². The Balaban J connectivity index is 1.18. The lowest BCUT2D eigenvalue weighted by atomic mass is 9.83. The fourth-order valence-corrected chi connectivity index (χ4v) is 5.22. The number of carbonyl (C=O) groups is 1. The Morgan fingerprint density at radius 1 is 0.967 bits per heavy atom. The molecule has 0 radical (unpaired) electrons. The smallest absolute Gasteiger partial charge is 0.231 e. The van der Waals surface area contributed by atoms with Gasteiger partial charge in [-0.1, -0.05) is 36.4 Å². The molecule has 3 aliphatic rings. The molecular formula is C25H30N2O3. The van der Waals surface area contributed by atoms with E-state index in [1.807, 2.05) is 12.1 Å². The first-order chi connectivity index (χ1) is 14.8. The standard InChI is InChI=1S/C25H30N2O3/c28-25-11-9-21-17-26(13-4-7-19-5-2-1-3-6-19)14-12-22(21)27(25)16-20-8-10-23-24(15-20)30-18-29-23/h1-3,5-6,8,10,15,21-22H,4,7,9,11-14,16-18H2/t21-,22+/m1/s1. The summed E-state index contributed by atoms with van der Waals surface area (Å²) in [5.74, 6) is 2.47. The molecule has 5 nitrogen and oxygen atoms in total. The van der Waals surface area contributed by atoms with E-state index in [4.69, 9.17) is 9.47 Å². The second-order valence-electron chi connectivity index (χ2n) is 8.75. The summed E-state index contributed by atoms with van der Waals surface area (Å²) < 4.78 is 10.9. The van der Waals surface area contributed by atoms with Gasteiger partial charge in [-0.25, -0.2) is 0 Å². The van der Waals surface area contributed by atoms with Crippen LogP contribution in [0.15, 0.2) is 48.5 Å². The number of nitrogens with zero attached hydrogens (tertiary/aromatic N) is 2. The maximum atomic E-state index is 12.8. The predicted molar refractivity (Wildman–Crippen MR) is 115 cm³/mol. The van der Waals surface area contributed by atoms with Crippen molar-refractivity contribution in [2.75, 3.05) is 26.4 Å². The molecule has 5 heteroatoms. The van der Waals surface area contributed by atoms with Crippen LogP contribution in [0.5, 0.6) is 11.5 Å². The molecule has 158 valence electrons. The number of hydrogen-bond acceptors (Lipinski definition) is 4. The largest absolute Gasteiger partial charge is 0.454 e. The molecular weight excluding hydrogens is 376 g/mol. The molecule has 0 unspecified atom stereocenters. The van der Waals surface area contributed by atoms with Crippen LogP contribution >= 0.6 is 0 Å². The molecule has 0 bridgehead atoms. The van der Waals surface area contributed by atoms with E-state index >= 15 is 0 Å². The minimum absolute atomic E-state index is 0.284. The monoisotopic (exact) mass is 406 g/mol. The van der Waals surface area contributed by atoms with Crippen molar-refractivity contribution in [3.05, 3.63) is 59.7 Å². The average molecular weight is 407 g/mol. The highest BCUT2D eigenvalue weighted by atomic mass is 16.7. The molecule has 1 amide bonds. The third kappa shape index (κ3) is 4.17. The van der Waals surface area contributed by atoms with Gasteiger partial charge in [0.2, 0.25) is 12.7 Å². The summed E-state index contributed by atoms with van der Waals surface area (Å²) >= 11 is 0. The third-order valence-corrected chi connectivity index (χ3v) is 6.80. The molecule has 30 heavy (non-hydrogen) atoms. The number of fused-ring (bicyclic) bond motifs is 2. The van der Waals surface area contributed by atoms with E-state index in [0.29, 0.717) is 30.8 Å². The molecule has 2 atom stereocenters. The van der Waals surface area contributed by atoms with Gasteiger partial charge in [-0.2, -0.15) is 0 Å². The minimum Gasteiger partial charge on any atom is -0.454 e. The number of aryl methyl sites for hydroxylation is 1. The molecule has 0 saturated carbocycles. The number of likely N-dealkylation sites (tertiary alicyclic amines) is 2. The van der Waals surface area contributed by atoms with E-state index < -0.39 is 0 Å². The van der Waals surface area contributed by atoms with Crippen molar-refractivity contribution < 1.29 is 14.3 Å². The normalized spacial score (nSPS) is 23.5. The Bertz CT molecular complexity index is 885. The first-order valence-corrected chi connectivity index (χ1v) is 11.2. The lowest BCUT2D eigenvalue weighted by Crippen LogP contribution is -2.55. The van der Waals surface area contributed by atoms with E-state index in [1.165, 1.54) is 12.0 Å². The van der Waals surface area contributed by atoms with Crippen molar-refractivity contribution in [2.45, 2.75) is 44.7 Å². The van der Waals surface area contributed by atoms with Crippen LogP contribution in [-0.4, -0.2) is 48.2 Å². The van der Waals surface area contributed by atoms with Crippen LogP contribution in [0.2, 0.25) is 0 Å². The summed E-state index contributed by atoms with van der Waals surface area (Å²) in [5, 5.41) is 0. The van der Waals surface area contributed by atoms with Crippen molar-refractivity contribution in [3.63, 3.8) is 0 Å². The van der Waals surface area contributed by atoms with Crippen molar-refractivity contribution in [2.24, 2.45) is 5.92 Å². The number of piperidine rings is 2. The van der Waals surface area contributed by atoms with Crippen molar-refractivity contribution in [1.29, 1.82) is 0 Å². The summed E-state index contributed by atoms with van der Waals surface area (Å²) in [6.45, 7) is 4.30. The van der Waals surface area contributed by atoms with E-state index in [2.05, 4.69) is 46.2 Å². The Hall–Kier alpha value is -2.53. The number of carbonyl (C=O) groups excluding carboxylic acids is 1. The zero-order chi connectivity index (χ0) is 20.3. The Kier molecular flexibility index (Phi) is 5.63. The minimum atomic E-state index is 0.284. The van der Waals surface area contributed by atoms with Crippen LogP contribution in [0, 0.1) is 5.92 Å². The van der Waals surface area contributed by atoms with Crippen LogP contribution in [0.3, 0.4) is 0 Å². The van der Waals surface area contributed by atoms with Crippen LogP contribution in [0.25, 0.3) is 0 Å². The van der Waals surface area contributed by atoms with Gasteiger partial charge in [0.1, 0.15) is 0 Å². The highest BCUT2D eigenvalue weighted by Crippen LogP contribution is 2.35. The van der Waals surface area contributed by atoms with Gasteiger partial charge in [0, 0.05) is 32.1 Å². The number of hydrogen-bond donors (Lipinski definition) is 0. The van der Waals surface area contributed by atoms with Gasteiger partial charge >= 0.3 is 0 Å². The molecule has 0 aromatic heterocycles. The second-order valence-corrected chi connectivity index (χ2v) is 8.75. The van der Waals surface area contributed by atoms with Crippen molar-refractivity contribution >= 4 is 5.91 Å². The molecule has 2 aromatic carbocycles. The highest BCUT2D eigenvalue weighted by Gasteiger charge is 2.39. The van der Waals surface area contributed by atoms with Crippen LogP contribution in [0.4, 0.5) is 0 Å². The van der Waals surface area contributed by atoms with Crippen LogP contribution in [-0.2, 0) is 17.8 Å². The van der Waals surface area contributed by atoms with Gasteiger partial charge in [0.15, 0.2) is 11.5 Å². The summed E-state index contributed by atoms with van der Waals surface area (Å²) in [7, 11) is 0. The summed E-state index contributed by atoms with van der Waals surface area (Å²) in [5.41, 5.74) is 2.55. The van der Waals surface area contributed by atoms with Gasteiger partial charge in [-0.05, 0) is 61.4 Å². The maximum Gasteiger partial charge on any atom is 0.231 e. The predicted octanol–water partition coefficient (Wildman–Crippen LogP) is 3.86. The van der Waals surface area contributed by atoms with Crippen molar-refractivity contribution in [3.8, 4) is 11.5 Å². The average Bonchev–Trinajstić information content (AvgIpc) is 3.24. The van der Waals surface area contributed by atoms with Crippen LogP contribution < -0.4 is 9.47 Å². The van der Waals surface area contributed by atoms with Gasteiger partial charge in [-0.3, -0.25) is 4.79 Å². The molecule has 0 spiro atoms. The number of rotatable bonds is 6. The first-order valence-electron chi connectivity index (χ1n) is 11.2. The van der Waals surface area contributed by atoms with E-state index in [-0.39, 0.29) is 6.79 Å². The van der Waals surface area contributed by atoms with E-state index in [9.17, 15) is 4.79 Å². The quantitative estimate of drug-likeness (QED) is 0.731. The fourth-order valence-electron chi connectivity index (χ4n) is 5.22. The van der Waals surface area contributed by atoms with Gasteiger partial charge in [-0.15, -0.1) is 0 Å². The van der Waals surface area contributed by atoms with Gasteiger partial charge in [0.25, 0.3) is 0 Å². The molecule has 2 fully saturated rings. The topological polar surface area (TPSA) is 42.0 Å². The molecule has 0 aliphatic carbocycles. The van der Waals surface area contributed by atoms with Crippen LogP contribution in [0.1, 0.15) is 36.8 Å². The van der Waals surface area contributed by atoms with Crippen molar-refractivity contribution in [1.82, 2.24) is 9.80 Å². The zero-order valence-electron chi connectivity index (χ0n) is 17.5. The second kappa shape index (κ2) is 8.68. The third-order valence-electron chi connectivity index (χ3n) is 6.80. The number of ether oxygens (including phenoxy) is 2. The number of amides is 1. The molecule has 2 saturated heterocycles. The van der Waals surface area contributed by atoms with Gasteiger partial charge in [0.05, 0.1) is 0 Å². The highest BCUT2D eigenvalue weighted by molar-refractivity contribution is 5.77. The summed E-state index contributed by atoms with van der Waals surface area (Å²) in [6, 6.07) is 17.2. The molecule has 5 rings (SSSR count). The fraction of sp³-hybridized carbons (Fsp3) is 0.480. The molecule has 2 aromatic rings. The number of benzene rings is 2. The molecule has 0 N–H and O–H groups in total. The zero-order valence-corrected chi connectivity index (χ0v) is 17.5. The summed E-state index contributed by atoms with van der Waals surface area (Å²) in [6.07, 6.45) is 5.10. The SMILES string of the molecule is O=C1CC[C@@H]2CN(CCCc3ccccc3)CC[C@@H]2N1Cc1ccc2c(c1)OCO2. The van der Waals surface area contributed by atoms with Gasteiger partial charge < -0.3 is 19.3 Å². The molecule has 3 aliphatic heterocycles.